The fourth-order valence-corrected chi connectivity index (χ4v) is 3.73. The van der Waals surface area contributed by atoms with Crippen LogP contribution < -0.4 is 0 Å². The summed E-state index contributed by atoms with van der Waals surface area (Å²) in [5, 5.41) is 8.56. The lowest BCUT2D eigenvalue weighted by Gasteiger charge is -2.31. The van der Waals surface area contributed by atoms with Gasteiger partial charge in [-0.2, -0.15) is 0 Å². The number of hydrogen-bond donors (Lipinski definition) is 0. The molecule has 27 heavy (non-hydrogen) atoms. The smallest absolute Gasteiger partial charge is 0.315 e. The predicted molar refractivity (Wildman–Crippen MR) is 104 cm³/mol. The van der Waals surface area contributed by atoms with Crippen LogP contribution in [0.5, 0.6) is 0 Å². The van der Waals surface area contributed by atoms with Crippen LogP contribution in [0.15, 0.2) is 39.7 Å². The molecule has 0 saturated carbocycles. The molecule has 2 unspecified atom stereocenters. The van der Waals surface area contributed by atoms with Gasteiger partial charge in [-0.1, -0.05) is 42.3 Å². The van der Waals surface area contributed by atoms with E-state index in [-0.39, 0.29) is 11.9 Å². The van der Waals surface area contributed by atoms with E-state index in [2.05, 4.69) is 15.2 Å². The van der Waals surface area contributed by atoms with Gasteiger partial charge in [0.25, 0.3) is 0 Å². The third-order valence-corrected chi connectivity index (χ3v) is 5.27. The van der Waals surface area contributed by atoms with E-state index in [9.17, 15) is 4.79 Å². The zero-order valence-electron chi connectivity index (χ0n) is 15.2. The Morgan fingerprint density at radius 2 is 2.07 bits per heavy atom. The van der Waals surface area contributed by atoms with Gasteiger partial charge in [0.1, 0.15) is 5.92 Å². The summed E-state index contributed by atoms with van der Waals surface area (Å²) in [7, 11) is 0. The minimum atomic E-state index is -0.668. The first-order valence-corrected chi connectivity index (χ1v) is 9.34. The summed E-state index contributed by atoms with van der Waals surface area (Å²) in [6, 6.07) is 5.32. The molecule has 2 heterocycles. The molecule has 0 fully saturated rings. The summed E-state index contributed by atoms with van der Waals surface area (Å²) in [5.41, 5.74) is 2.64. The largest absolute Gasteiger partial charge is 0.465 e. The number of halogens is 2. The van der Waals surface area contributed by atoms with Crippen molar-refractivity contribution in [3.8, 4) is 0 Å². The summed E-state index contributed by atoms with van der Waals surface area (Å²) in [6.45, 7) is 5.91. The van der Waals surface area contributed by atoms with Gasteiger partial charge in [0.15, 0.2) is 0 Å². The van der Waals surface area contributed by atoms with Crippen LogP contribution in [0, 0.1) is 5.92 Å². The summed E-state index contributed by atoms with van der Waals surface area (Å²) < 4.78 is 10.9. The third-order valence-electron chi connectivity index (χ3n) is 4.44. The molecule has 142 valence electrons. The zero-order chi connectivity index (χ0) is 19.6. The Labute approximate surface area is 167 Å². The number of carbonyl (C=O) groups excluding carboxylic acids is 1. The molecule has 2 atom stereocenters. The molecule has 6 nitrogen and oxygen atoms in total. The van der Waals surface area contributed by atoms with Crippen molar-refractivity contribution in [1.29, 1.82) is 0 Å². The SMILES string of the molecule is CCCOC(=O)C1C(C)=NC(C)=C(c2nnco2)C1c1cccc(Cl)c1Cl. The Bertz CT molecular complexity index is 907. The van der Waals surface area contributed by atoms with Crippen molar-refractivity contribution < 1.29 is 13.9 Å². The molecule has 1 aliphatic rings. The lowest BCUT2D eigenvalue weighted by molar-refractivity contribution is -0.146. The van der Waals surface area contributed by atoms with Gasteiger partial charge in [-0.05, 0) is 31.9 Å². The predicted octanol–water partition coefficient (Wildman–Crippen LogP) is 4.94. The number of allylic oxidation sites excluding steroid dienone is 2. The third kappa shape index (κ3) is 3.77. The van der Waals surface area contributed by atoms with Gasteiger partial charge in [-0.25, -0.2) is 0 Å². The molecule has 1 aromatic heterocycles. The van der Waals surface area contributed by atoms with Crippen LogP contribution in [0.1, 0.15) is 44.6 Å². The average molecular weight is 408 g/mol. The molecule has 0 saturated heterocycles. The maximum absolute atomic E-state index is 12.9. The summed E-state index contributed by atoms with van der Waals surface area (Å²) >= 11 is 12.8. The van der Waals surface area contributed by atoms with E-state index >= 15 is 0 Å². The molecular formula is C19H19Cl2N3O3. The topological polar surface area (TPSA) is 77.6 Å². The Morgan fingerprint density at radius 3 is 2.74 bits per heavy atom. The Balaban J connectivity index is 2.20. The normalized spacial score (nSPS) is 19.8. The number of carbonyl (C=O) groups is 1. The second-order valence-electron chi connectivity index (χ2n) is 6.26. The maximum atomic E-state index is 12.9. The van der Waals surface area contributed by atoms with E-state index < -0.39 is 11.8 Å². The Morgan fingerprint density at radius 1 is 1.30 bits per heavy atom. The number of ether oxygens (including phenoxy) is 1. The molecule has 0 aliphatic carbocycles. The highest BCUT2D eigenvalue weighted by molar-refractivity contribution is 6.42. The summed E-state index contributed by atoms with van der Waals surface area (Å²) in [6.07, 6.45) is 1.96. The number of rotatable bonds is 5. The van der Waals surface area contributed by atoms with Crippen LogP contribution >= 0.6 is 23.2 Å². The number of esters is 1. The average Bonchev–Trinajstić information content (AvgIpc) is 3.15. The van der Waals surface area contributed by atoms with Crippen molar-refractivity contribution in [1.82, 2.24) is 10.2 Å². The molecule has 0 N–H and O–H groups in total. The molecule has 0 bridgehead atoms. The van der Waals surface area contributed by atoms with Crippen LogP contribution in [0.3, 0.4) is 0 Å². The number of hydrogen-bond acceptors (Lipinski definition) is 6. The number of benzene rings is 1. The minimum Gasteiger partial charge on any atom is -0.465 e. The molecule has 8 heteroatoms. The van der Waals surface area contributed by atoms with Gasteiger partial charge in [0, 0.05) is 22.9 Å². The highest BCUT2D eigenvalue weighted by Gasteiger charge is 2.42. The number of aliphatic imine (C=N–C) groups is 1. The van der Waals surface area contributed by atoms with Gasteiger partial charge in [0.05, 0.1) is 16.7 Å². The van der Waals surface area contributed by atoms with E-state index in [0.29, 0.717) is 39.2 Å². The molecule has 3 rings (SSSR count). The lowest BCUT2D eigenvalue weighted by Crippen LogP contribution is -2.34. The molecule has 1 aliphatic heterocycles. The van der Waals surface area contributed by atoms with Crippen molar-refractivity contribution in [2.24, 2.45) is 10.9 Å². The number of aromatic nitrogens is 2. The van der Waals surface area contributed by atoms with Crippen LogP contribution in [0.25, 0.3) is 5.57 Å². The standard InChI is InChI=1S/C19H19Cl2N3O3/c1-4-8-26-19(25)15-11(3)23-10(2)14(18-24-22-9-27-18)16(15)12-6-5-7-13(20)17(12)21/h5-7,9,15-16H,4,8H2,1-3H3. The highest BCUT2D eigenvalue weighted by Crippen LogP contribution is 2.47. The molecule has 0 spiro atoms. The van der Waals surface area contributed by atoms with Gasteiger partial charge in [-0.3, -0.25) is 9.79 Å². The van der Waals surface area contributed by atoms with Gasteiger partial charge < -0.3 is 9.15 Å². The zero-order valence-corrected chi connectivity index (χ0v) is 16.7. The van der Waals surface area contributed by atoms with Crippen molar-refractivity contribution in [2.75, 3.05) is 6.61 Å². The minimum absolute atomic E-state index is 0.290. The van der Waals surface area contributed by atoms with E-state index in [1.165, 1.54) is 6.39 Å². The second-order valence-corrected chi connectivity index (χ2v) is 7.05. The summed E-state index contributed by atoms with van der Waals surface area (Å²) in [5.74, 6) is -1.25. The van der Waals surface area contributed by atoms with E-state index in [1.807, 2.05) is 19.9 Å². The Hall–Kier alpha value is -2.18. The van der Waals surface area contributed by atoms with Crippen molar-refractivity contribution in [2.45, 2.75) is 33.1 Å². The molecule has 0 amide bonds. The van der Waals surface area contributed by atoms with Gasteiger partial charge in [0.2, 0.25) is 12.3 Å². The second kappa shape index (κ2) is 8.23. The number of nitrogens with zero attached hydrogens (tertiary/aromatic N) is 3. The quantitative estimate of drug-likeness (QED) is 0.656. The Kier molecular flexibility index (Phi) is 5.97. The first kappa shape index (κ1) is 19.6. The monoisotopic (exact) mass is 407 g/mol. The summed E-state index contributed by atoms with van der Waals surface area (Å²) in [4.78, 5) is 17.5. The molecule has 1 aromatic carbocycles. The lowest BCUT2D eigenvalue weighted by atomic mass is 9.75. The highest BCUT2D eigenvalue weighted by atomic mass is 35.5. The first-order chi connectivity index (χ1) is 13.0. The van der Waals surface area contributed by atoms with Crippen molar-refractivity contribution in [3.63, 3.8) is 0 Å². The van der Waals surface area contributed by atoms with E-state index in [0.717, 1.165) is 6.42 Å². The van der Waals surface area contributed by atoms with E-state index in [4.69, 9.17) is 32.4 Å². The fraction of sp³-hybridized carbons (Fsp3) is 0.368. The first-order valence-electron chi connectivity index (χ1n) is 8.58. The van der Waals surface area contributed by atoms with Crippen LogP contribution in [-0.4, -0.2) is 28.5 Å². The van der Waals surface area contributed by atoms with Crippen LogP contribution in [-0.2, 0) is 9.53 Å². The van der Waals surface area contributed by atoms with E-state index in [1.54, 1.807) is 19.1 Å². The molecular weight excluding hydrogens is 389 g/mol. The van der Waals surface area contributed by atoms with Crippen LogP contribution in [0.4, 0.5) is 0 Å². The molecule has 0 radical (unpaired) electrons. The van der Waals surface area contributed by atoms with Crippen LogP contribution in [0.2, 0.25) is 10.0 Å². The van der Waals surface area contributed by atoms with Crippen molar-refractivity contribution in [3.05, 3.63) is 51.8 Å². The fourth-order valence-electron chi connectivity index (χ4n) is 3.30. The van der Waals surface area contributed by atoms with Gasteiger partial charge in [-0.15, -0.1) is 10.2 Å². The van der Waals surface area contributed by atoms with Gasteiger partial charge >= 0.3 is 5.97 Å². The maximum Gasteiger partial charge on any atom is 0.315 e. The van der Waals surface area contributed by atoms with Crippen molar-refractivity contribution >= 4 is 40.5 Å². The molecule has 2 aromatic rings.